The Labute approximate surface area is 121 Å². The predicted molar refractivity (Wildman–Crippen MR) is 79.9 cm³/mol. The summed E-state index contributed by atoms with van der Waals surface area (Å²) in [7, 11) is 0. The van der Waals surface area contributed by atoms with Crippen molar-refractivity contribution in [1.82, 2.24) is 0 Å². The molecule has 1 spiro atoms. The second-order valence-corrected chi connectivity index (χ2v) is 6.29. The van der Waals surface area contributed by atoms with E-state index in [9.17, 15) is 0 Å². The Bertz CT molecular complexity index is 466. The van der Waals surface area contributed by atoms with E-state index < -0.39 is 0 Å². The fourth-order valence-electron chi connectivity index (χ4n) is 3.59. The zero-order chi connectivity index (χ0) is 14.0. The lowest BCUT2D eigenvalue weighted by Gasteiger charge is -2.24. The number of ether oxygens (including phenoxy) is 2. The van der Waals surface area contributed by atoms with Crippen LogP contribution >= 0.6 is 0 Å². The number of benzene rings is 1. The highest BCUT2D eigenvalue weighted by atomic mass is 16.6. The van der Waals surface area contributed by atoms with Crippen molar-refractivity contribution in [3.63, 3.8) is 0 Å². The Hall–Kier alpha value is -1.06. The van der Waals surface area contributed by atoms with Crippen molar-refractivity contribution in [2.24, 2.45) is 5.73 Å². The van der Waals surface area contributed by atoms with Crippen molar-refractivity contribution in [2.45, 2.75) is 63.7 Å². The van der Waals surface area contributed by atoms with Gasteiger partial charge in [0.2, 0.25) is 0 Å². The van der Waals surface area contributed by atoms with Gasteiger partial charge in [-0.05, 0) is 38.7 Å². The quantitative estimate of drug-likeness (QED) is 0.916. The summed E-state index contributed by atoms with van der Waals surface area (Å²) >= 11 is 0. The van der Waals surface area contributed by atoms with Crippen LogP contribution in [-0.2, 0) is 11.3 Å². The number of rotatable bonds is 4. The topological polar surface area (TPSA) is 44.5 Å². The zero-order valence-corrected chi connectivity index (χ0v) is 12.4. The fourth-order valence-corrected chi connectivity index (χ4v) is 3.59. The average Bonchev–Trinajstić information content (AvgIpc) is 3.08. The molecule has 20 heavy (non-hydrogen) atoms. The van der Waals surface area contributed by atoms with E-state index in [0.717, 1.165) is 17.7 Å². The summed E-state index contributed by atoms with van der Waals surface area (Å²) in [5.41, 5.74) is 8.28. The molecule has 0 aromatic heterocycles. The maximum atomic E-state index is 6.27. The summed E-state index contributed by atoms with van der Waals surface area (Å²) in [6, 6.07) is 6.20. The SMILES string of the molecule is Cc1ccc(OCC2CCC3(CCCC3)O2)c(CN)c1. The monoisotopic (exact) mass is 275 g/mol. The highest BCUT2D eigenvalue weighted by molar-refractivity contribution is 5.36. The van der Waals surface area contributed by atoms with E-state index in [4.69, 9.17) is 15.2 Å². The minimum absolute atomic E-state index is 0.192. The number of hydrogen-bond acceptors (Lipinski definition) is 3. The van der Waals surface area contributed by atoms with Crippen LogP contribution in [0.5, 0.6) is 5.75 Å². The van der Waals surface area contributed by atoms with Gasteiger partial charge in [0.15, 0.2) is 0 Å². The van der Waals surface area contributed by atoms with Crippen LogP contribution in [-0.4, -0.2) is 18.3 Å². The van der Waals surface area contributed by atoms with E-state index in [1.54, 1.807) is 0 Å². The molecule has 0 amide bonds. The first-order chi connectivity index (χ1) is 9.71. The minimum Gasteiger partial charge on any atom is -0.491 e. The molecule has 1 aromatic carbocycles. The van der Waals surface area contributed by atoms with Gasteiger partial charge in [-0.3, -0.25) is 0 Å². The van der Waals surface area contributed by atoms with Crippen molar-refractivity contribution in [3.8, 4) is 5.75 Å². The predicted octanol–water partition coefficient (Wildman–Crippen LogP) is 3.32. The Morgan fingerprint density at radius 2 is 2.10 bits per heavy atom. The highest BCUT2D eigenvalue weighted by Gasteiger charge is 2.42. The zero-order valence-electron chi connectivity index (χ0n) is 12.4. The van der Waals surface area contributed by atoms with Crippen LogP contribution in [0.15, 0.2) is 18.2 Å². The van der Waals surface area contributed by atoms with E-state index in [0.29, 0.717) is 13.2 Å². The molecule has 1 aliphatic heterocycles. The normalized spacial score (nSPS) is 24.4. The molecular formula is C17H25NO2. The number of nitrogens with two attached hydrogens (primary N) is 1. The van der Waals surface area contributed by atoms with Crippen molar-refractivity contribution in [2.75, 3.05) is 6.61 Å². The van der Waals surface area contributed by atoms with Gasteiger partial charge in [-0.15, -0.1) is 0 Å². The fraction of sp³-hybridized carbons (Fsp3) is 0.647. The van der Waals surface area contributed by atoms with Crippen LogP contribution in [0.1, 0.15) is 49.7 Å². The van der Waals surface area contributed by atoms with Gasteiger partial charge in [0, 0.05) is 12.1 Å². The van der Waals surface area contributed by atoms with Gasteiger partial charge in [0.05, 0.1) is 11.7 Å². The van der Waals surface area contributed by atoms with Gasteiger partial charge in [0.1, 0.15) is 12.4 Å². The molecule has 1 aromatic rings. The lowest BCUT2D eigenvalue weighted by atomic mass is 9.98. The molecule has 1 saturated heterocycles. The molecule has 0 bridgehead atoms. The van der Waals surface area contributed by atoms with Crippen LogP contribution in [0.3, 0.4) is 0 Å². The largest absolute Gasteiger partial charge is 0.491 e. The molecule has 1 aliphatic carbocycles. The van der Waals surface area contributed by atoms with Crippen LogP contribution in [0.2, 0.25) is 0 Å². The summed E-state index contributed by atoms with van der Waals surface area (Å²) < 4.78 is 12.2. The standard InChI is InChI=1S/C17H25NO2/c1-13-4-5-16(14(10-13)11-18)19-12-15-6-9-17(20-15)7-2-3-8-17/h4-5,10,15H,2-3,6-9,11-12,18H2,1H3. The second-order valence-electron chi connectivity index (χ2n) is 6.29. The van der Waals surface area contributed by atoms with Gasteiger partial charge in [-0.25, -0.2) is 0 Å². The second kappa shape index (κ2) is 5.74. The molecule has 0 radical (unpaired) electrons. The Morgan fingerprint density at radius 3 is 2.85 bits per heavy atom. The molecule has 3 heteroatoms. The van der Waals surface area contributed by atoms with Gasteiger partial charge in [0.25, 0.3) is 0 Å². The molecule has 2 aliphatic rings. The molecule has 110 valence electrons. The summed E-state index contributed by atoms with van der Waals surface area (Å²) in [6.45, 7) is 3.25. The Kier molecular flexibility index (Phi) is 3.99. The van der Waals surface area contributed by atoms with Crippen molar-refractivity contribution >= 4 is 0 Å². The lowest BCUT2D eigenvalue weighted by molar-refractivity contribution is -0.0509. The van der Waals surface area contributed by atoms with Crippen LogP contribution in [0.4, 0.5) is 0 Å². The Balaban J connectivity index is 1.57. The minimum atomic E-state index is 0.192. The van der Waals surface area contributed by atoms with Crippen LogP contribution in [0.25, 0.3) is 0 Å². The van der Waals surface area contributed by atoms with Crippen molar-refractivity contribution in [3.05, 3.63) is 29.3 Å². The third kappa shape index (κ3) is 2.84. The molecule has 1 saturated carbocycles. The summed E-state index contributed by atoms with van der Waals surface area (Å²) in [6.07, 6.45) is 7.71. The van der Waals surface area contributed by atoms with E-state index in [1.807, 2.05) is 6.07 Å². The summed E-state index contributed by atoms with van der Waals surface area (Å²) in [5, 5.41) is 0. The maximum absolute atomic E-state index is 6.27. The van der Waals surface area contributed by atoms with Crippen LogP contribution < -0.4 is 10.5 Å². The van der Waals surface area contributed by atoms with Gasteiger partial charge >= 0.3 is 0 Å². The number of aryl methyl sites for hydroxylation is 1. The molecule has 2 fully saturated rings. The first-order valence-corrected chi connectivity index (χ1v) is 7.81. The first-order valence-electron chi connectivity index (χ1n) is 7.81. The van der Waals surface area contributed by atoms with Crippen LogP contribution in [0, 0.1) is 6.92 Å². The number of hydrogen-bond donors (Lipinski definition) is 1. The summed E-state index contributed by atoms with van der Waals surface area (Å²) in [5.74, 6) is 0.911. The van der Waals surface area contributed by atoms with E-state index in [2.05, 4.69) is 19.1 Å². The lowest BCUT2D eigenvalue weighted by Crippen LogP contribution is -2.27. The maximum Gasteiger partial charge on any atom is 0.123 e. The molecule has 3 nitrogen and oxygen atoms in total. The molecule has 2 N–H and O–H groups in total. The summed E-state index contributed by atoms with van der Waals surface area (Å²) in [4.78, 5) is 0. The van der Waals surface area contributed by atoms with Gasteiger partial charge in [-0.1, -0.05) is 30.5 Å². The van der Waals surface area contributed by atoms with Gasteiger partial charge in [-0.2, -0.15) is 0 Å². The van der Waals surface area contributed by atoms with Crippen molar-refractivity contribution < 1.29 is 9.47 Å². The van der Waals surface area contributed by atoms with E-state index >= 15 is 0 Å². The van der Waals surface area contributed by atoms with E-state index in [-0.39, 0.29) is 11.7 Å². The third-order valence-electron chi connectivity index (χ3n) is 4.71. The molecule has 1 unspecified atom stereocenters. The Morgan fingerprint density at radius 1 is 1.30 bits per heavy atom. The molecule has 3 rings (SSSR count). The highest BCUT2D eigenvalue weighted by Crippen LogP contribution is 2.43. The first kappa shape index (κ1) is 13.9. The van der Waals surface area contributed by atoms with E-state index in [1.165, 1.54) is 37.7 Å². The third-order valence-corrected chi connectivity index (χ3v) is 4.71. The van der Waals surface area contributed by atoms with Gasteiger partial charge < -0.3 is 15.2 Å². The average molecular weight is 275 g/mol. The smallest absolute Gasteiger partial charge is 0.123 e. The molecular weight excluding hydrogens is 250 g/mol. The van der Waals surface area contributed by atoms with Crippen molar-refractivity contribution in [1.29, 1.82) is 0 Å². The molecule has 1 heterocycles. The molecule has 1 atom stereocenters.